The molecule has 0 N–H and O–H groups in total. The minimum absolute atomic E-state index is 0.266. The molecule has 1 atom stereocenters. The summed E-state index contributed by atoms with van der Waals surface area (Å²) >= 11 is 5.82. The first-order chi connectivity index (χ1) is 5.34. The first-order valence-corrected chi connectivity index (χ1v) is 3.90. The summed E-state index contributed by atoms with van der Waals surface area (Å²) in [5.74, 6) is 1.09. The first-order valence-electron chi connectivity index (χ1n) is 3.52. The Morgan fingerprint density at radius 2 is 2.27 bits per heavy atom. The maximum atomic E-state index is 5.82. The molecule has 54 valence electrons. The summed E-state index contributed by atoms with van der Waals surface area (Å²) in [5.41, 5.74) is 2.47. The zero-order chi connectivity index (χ0) is 7.42. The van der Waals surface area contributed by atoms with Crippen LogP contribution in [-0.2, 0) is 4.74 Å². The molecule has 3 rings (SSSR count). The predicted octanol–water partition coefficient (Wildman–Crippen LogP) is 2.77. The van der Waals surface area contributed by atoms with E-state index in [1.807, 2.05) is 24.3 Å². The second-order valence-electron chi connectivity index (χ2n) is 2.82. The van der Waals surface area contributed by atoms with Gasteiger partial charge in [0.1, 0.15) is 5.76 Å². The van der Waals surface area contributed by atoms with E-state index < -0.39 is 0 Å². The van der Waals surface area contributed by atoms with Crippen molar-refractivity contribution in [3.05, 3.63) is 40.1 Å². The molecule has 1 heterocycles. The maximum Gasteiger partial charge on any atom is 0.181 e. The van der Waals surface area contributed by atoms with Gasteiger partial charge in [-0.15, -0.1) is 0 Å². The number of fused-ring (bicyclic) bond motifs is 3. The smallest absolute Gasteiger partial charge is 0.181 e. The standard InChI is InChI=1S/C9H5ClO/c10-6-1-2-7-5(3-6)4-8-9(7)11-8/h1-4,9H. The van der Waals surface area contributed by atoms with Crippen LogP contribution in [0.3, 0.4) is 0 Å². The Balaban J connectivity index is 2.26. The Morgan fingerprint density at radius 1 is 1.36 bits per heavy atom. The summed E-state index contributed by atoms with van der Waals surface area (Å²) in [4.78, 5) is 0. The Kier molecular flexibility index (Phi) is 0.833. The van der Waals surface area contributed by atoms with Gasteiger partial charge in [-0.1, -0.05) is 17.7 Å². The highest BCUT2D eigenvalue weighted by molar-refractivity contribution is 6.30. The number of hydrogen-bond acceptors (Lipinski definition) is 1. The fourth-order valence-corrected chi connectivity index (χ4v) is 1.67. The van der Waals surface area contributed by atoms with Crippen LogP contribution in [0.25, 0.3) is 6.08 Å². The summed E-state index contributed by atoms with van der Waals surface area (Å²) in [6, 6.07) is 5.90. The summed E-state index contributed by atoms with van der Waals surface area (Å²) in [5, 5.41) is 0.793. The van der Waals surface area contributed by atoms with E-state index >= 15 is 0 Å². The number of benzene rings is 1. The molecule has 1 saturated heterocycles. The van der Waals surface area contributed by atoms with Gasteiger partial charge in [0.2, 0.25) is 0 Å². The molecule has 0 amide bonds. The average molecular weight is 165 g/mol. The third-order valence-electron chi connectivity index (χ3n) is 2.08. The average Bonchev–Trinajstić information content (AvgIpc) is 2.63. The van der Waals surface area contributed by atoms with E-state index in [1.165, 1.54) is 11.1 Å². The molecular weight excluding hydrogens is 160 g/mol. The van der Waals surface area contributed by atoms with Crippen LogP contribution in [0.15, 0.2) is 24.0 Å². The van der Waals surface area contributed by atoms with E-state index in [-0.39, 0.29) is 6.10 Å². The highest BCUT2D eigenvalue weighted by Gasteiger charge is 2.40. The molecular formula is C9H5ClO. The van der Waals surface area contributed by atoms with Crippen molar-refractivity contribution in [2.45, 2.75) is 6.10 Å². The zero-order valence-corrected chi connectivity index (χ0v) is 6.43. The summed E-state index contributed by atoms with van der Waals surface area (Å²) in [6.07, 6.45) is 2.31. The Bertz CT molecular complexity index is 368. The Hall–Kier alpha value is -0.950. The molecule has 1 fully saturated rings. The van der Waals surface area contributed by atoms with E-state index in [9.17, 15) is 0 Å². The highest BCUT2D eigenvalue weighted by Crippen LogP contribution is 2.51. The lowest BCUT2D eigenvalue weighted by Gasteiger charge is -1.98. The van der Waals surface area contributed by atoms with Gasteiger partial charge in [0, 0.05) is 10.6 Å². The van der Waals surface area contributed by atoms with Gasteiger partial charge in [-0.3, -0.25) is 0 Å². The quantitative estimate of drug-likeness (QED) is 0.538. The Labute approximate surface area is 69.2 Å². The molecule has 11 heavy (non-hydrogen) atoms. The van der Waals surface area contributed by atoms with Crippen molar-refractivity contribution in [1.29, 1.82) is 0 Å². The molecule has 0 aromatic heterocycles. The van der Waals surface area contributed by atoms with Crippen molar-refractivity contribution in [2.24, 2.45) is 0 Å². The number of rotatable bonds is 0. The molecule has 1 aliphatic carbocycles. The minimum Gasteiger partial charge on any atom is -0.478 e. The lowest BCUT2D eigenvalue weighted by atomic mass is 10.1. The van der Waals surface area contributed by atoms with Crippen molar-refractivity contribution >= 4 is 17.7 Å². The topological polar surface area (TPSA) is 12.5 Å². The minimum atomic E-state index is 0.266. The van der Waals surface area contributed by atoms with Crippen molar-refractivity contribution in [2.75, 3.05) is 0 Å². The van der Waals surface area contributed by atoms with Gasteiger partial charge in [0.25, 0.3) is 0 Å². The molecule has 2 heteroatoms. The normalized spacial score (nSPS) is 23.4. The third-order valence-corrected chi connectivity index (χ3v) is 2.32. The van der Waals surface area contributed by atoms with Gasteiger partial charge < -0.3 is 4.74 Å². The second kappa shape index (κ2) is 1.62. The van der Waals surface area contributed by atoms with Gasteiger partial charge in [-0.2, -0.15) is 0 Å². The van der Waals surface area contributed by atoms with Crippen molar-refractivity contribution in [3.63, 3.8) is 0 Å². The third kappa shape index (κ3) is 0.663. The van der Waals surface area contributed by atoms with E-state index in [0.717, 1.165) is 10.8 Å². The lowest BCUT2D eigenvalue weighted by Crippen LogP contribution is -1.81. The van der Waals surface area contributed by atoms with Crippen LogP contribution >= 0.6 is 11.6 Å². The number of ether oxygens (including phenoxy) is 1. The predicted molar refractivity (Wildman–Crippen MR) is 43.3 cm³/mol. The molecule has 0 saturated carbocycles. The molecule has 0 spiro atoms. The fourth-order valence-electron chi connectivity index (χ4n) is 1.49. The van der Waals surface area contributed by atoms with Crippen LogP contribution in [0.1, 0.15) is 17.2 Å². The Morgan fingerprint density at radius 3 is 3.18 bits per heavy atom. The van der Waals surface area contributed by atoms with Gasteiger partial charge in [-0.25, -0.2) is 0 Å². The first kappa shape index (κ1) is 5.67. The number of epoxide rings is 1. The van der Waals surface area contributed by atoms with Gasteiger partial charge >= 0.3 is 0 Å². The van der Waals surface area contributed by atoms with Gasteiger partial charge in [-0.05, 0) is 23.8 Å². The monoisotopic (exact) mass is 164 g/mol. The molecule has 1 aromatic carbocycles. The fraction of sp³-hybridized carbons (Fsp3) is 0.111. The van der Waals surface area contributed by atoms with Crippen LogP contribution in [0.4, 0.5) is 0 Å². The molecule has 1 nitrogen and oxygen atoms in total. The van der Waals surface area contributed by atoms with Crippen LogP contribution in [0.2, 0.25) is 5.02 Å². The molecule has 2 aliphatic rings. The van der Waals surface area contributed by atoms with E-state index in [0.29, 0.717) is 0 Å². The maximum absolute atomic E-state index is 5.82. The molecule has 1 unspecified atom stereocenters. The lowest BCUT2D eigenvalue weighted by molar-refractivity contribution is 0.434. The largest absolute Gasteiger partial charge is 0.478 e. The second-order valence-corrected chi connectivity index (χ2v) is 3.25. The van der Waals surface area contributed by atoms with Crippen LogP contribution in [0.5, 0.6) is 0 Å². The summed E-state index contributed by atoms with van der Waals surface area (Å²) in [6.45, 7) is 0. The summed E-state index contributed by atoms with van der Waals surface area (Å²) < 4.78 is 5.24. The number of hydrogen-bond donors (Lipinski definition) is 0. The molecule has 1 aliphatic heterocycles. The van der Waals surface area contributed by atoms with Crippen molar-refractivity contribution in [3.8, 4) is 0 Å². The van der Waals surface area contributed by atoms with Crippen LogP contribution in [0, 0.1) is 0 Å². The molecule has 0 radical (unpaired) electrons. The zero-order valence-electron chi connectivity index (χ0n) is 5.67. The van der Waals surface area contributed by atoms with E-state index in [4.69, 9.17) is 16.3 Å². The molecule has 0 bridgehead atoms. The van der Waals surface area contributed by atoms with Gasteiger partial charge in [0.15, 0.2) is 6.10 Å². The van der Waals surface area contributed by atoms with E-state index in [1.54, 1.807) is 0 Å². The van der Waals surface area contributed by atoms with Crippen LogP contribution in [-0.4, -0.2) is 0 Å². The number of halogens is 1. The van der Waals surface area contributed by atoms with Crippen molar-refractivity contribution in [1.82, 2.24) is 0 Å². The van der Waals surface area contributed by atoms with Gasteiger partial charge in [0.05, 0.1) is 0 Å². The highest BCUT2D eigenvalue weighted by atomic mass is 35.5. The van der Waals surface area contributed by atoms with Crippen molar-refractivity contribution < 1.29 is 4.74 Å². The van der Waals surface area contributed by atoms with E-state index in [2.05, 4.69) is 0 Å². The SMILES string of the molecule is Clc1ccc2c(c1)C=C1OC12. The van der Waals surface area contributed by atoms with Crippen LogP contribution < -0.4 is 0 Å². The summed E-state index contributed by atoms with van der Waals surface area (Å²) in [7, 11) is 0. The molecule has 1 aromatic rings.